The van der Waals surface area contributed by atoms with Crippen LogP contribution < -0.4 is 0 Å². The van der Waals surface area contributed by atoms with Crippen LogP contribution in [0.3, 0.4) is 0 Å². The first-order valence-electron chi connectivity index (χ1n) is 6.01. The number of aromatic nitrogens is 1. The highest BCUT2D eigenvalue weighted by atomic mass is 16.3. The highest BCUT2D eigenvalue weighted by Crippen LogP contribution is 2.20. The first kappa shape index (κ1) is 12.7. The van der Waals surface area contributed by atoms with Crippen molar-refractivity contribution >= 4 is 0 Å². The minimum Gasteiger partial charge on any atom is -0.387 e. The van der Waals surface area contributed by atoms with Crippen molar-refractivity contribution in [2.75, 3.05) is 20.6 Å². The number of benzene rings is 1. The molecule has 1 heterocycles. The molecule has 0 aliphatic heterocycles. The van der Waals surface area contributed by atoms with E-state index >= 15 is 0 Å². The molecule has 1 unspecified atom stereocenters. The monoisotopic (exact) mass is 242 g/mol. The fourth-order valence-corrected chi connectivity index (χ4v) is 1.86. The molecule has 0 amide bonds. The molecule has 0 saturated heterocycles. The second kappa shape index (κ2) is 5.76. The second-order valence-corrected chi connectivity index (χ2v) is 4.62. The molecule has 1 N–H and O–H groups in total. The number of pyridine rings is 1. The lowest BCUT2D eigenvalue weighted by molar-refractivity contribution is 0.138. The third-order valence-electron chi connectivity index (χ3n) is 2.79. The van der Waals surface area contributed by atoms with Crippen molar-refractivity contribution in [2.45, 2.75) is 6.10 Å². The Hall–Kier alpha value is -1.71. The molecule has 0 fully saturated rings. The molecule has 0 spiro atoms. The van der Waals surface area contributed by atoms with Crippen LogP contribution in [-0.2, 0) is 0 Å². The van der Waals surface area contributed by atoms with Crippen LogP contribution in [0.25, 0.3) is 11.3 Å². The highest BCUT2D eigenvalue weighted by Gasteiger charge is 2.08. The Balaban J connectivity index is 2.15. The molecule has 0 bridgehead atoms. The van der Waals surface area contributed by atoms with Gasteiger partial charge in [-0.1, -0.05) is 30.3 Å². The Kier molecular flexibility index (Phi) is 4.07. The van der Waals surface area contributed by atoms with E-state index in [-0.39, 0.29) is 0 Å². The second-order valence-electron chi connectivity index (χ2n) is 4.62. The molecule has 1 aromatic heterocycles. The van der Waals surface area contributed by atoms with Gasteiger partial charge in [0.1, 0.15) is 0 Å². The molecule has 18 heavy (non-hydrogen) atoms. The summed E-state index contributed by atoms with van der Waals surface area (Å²) in [5.74, 6) is 0. The predicted octanol–water partition coefficient (Wildman–Crippen LogP) is 2.34. The van der Waals surface area contributed by atoms with Gasteiger partial charge in [0.05, 0.1) is 11.8 Å². The Bertz CT molecular complexity index is 480. The van der Waals surface area contributed by atoms with Gasteiger partial charge in [0.25, 0.3) is 0 Å². The number of hydrogen-bond donors (Lipinski definition) is 1. The molecule has 1 aromatic carbocycles. The van der Waals surface area contributed by atoms with Crippen LogP contribution in [0.5, 0.6) is 0 Å². The van der Waals surface area contributed by atoms with Gasteiger partial charge in [-0.05, 0) is 31.8 Å². The standard InChI is InChI=1S/C15H18N2O/c1-17(2)11-15(18)13-8-6-12(7-9-13)14-5-3-4-10-16-14/h3-10,15,18H,11H2,1-2H3. The van der Waals surface area contributed by atoms with E-state index in [4.69, 9.17) is 0 Å². The van der Waals surface area contributed by atoms with Crippen LogP contribution in [0.2, 0.25) is 0 Å². The van der Waals surface area contributed by atoms with Crippen molar-refractivity contribution < 1.29 is 5.11 Å². The van der Waals surface area contributed by atoms with Crippen molar-refractivity contribution in [2.24, 2.45) is 0 Å². The summed E-state index contributed by atoms with van der Waals surface area (Å²) >= 11 is 0. The number of nitrogens with zero attached hydrogens (tertiary/aromatic N) is 2. The molecule has 2 rings (SSSR count). The minimum absolute atomic E-state index is 0.446. The summed E-state index contributed by atoms with van der Waals surface area (Å²) in [4.78, 5) is 6.27. The molecular formula is C15H18N2O. The summed E-state index contributed by atoms with van der Waals surface area (Å²) in [6.45, 7) is 0.628. The van der Waals surface area contributed by atoms with E-state index in [9.17, 15) is 5.11 Å². The molecule has 3 heteroatoms. The fraction of sp³-hybridized carbons (Fsp3) is 0.267. The summed E-state index contributed by atoms with van der Waals surface area (Å²) in [5.41, 5.74) is 2.95. The van der Waals surface area contributed by atoms with Gasteiger partial charge in [-0.25, -0.2) is 0 Å². The predicted molar refractivity (Wildman–Crippen MR) is 73.2 cm³/mol. The van der Waals surface area contributed by atoms with Gasteiger partial charge in [-0.15, -0.1) is 0 Å². The maximum Gasteiger partial charge on any atom is 0.0916 e. The van der Waals surface area contributed by atoms with Crippen molar-refractivity contribution in [1.29, 1.82) is 0 Å². The molecule has 3 nitrogen and oxygen atoms in total. The lowest BCUT2D eigenvalue weighted by Gasteiger charge is -2.16. The molecule has 0 aliphatic carbocycles. The average molecular weight is 242 g/mol. The van der Waals surface area contributed by atoms with E-state index in [1.165, 1.54) is 0 Å². The topological polar surface area (TPSA) is 36.4 Å². The van der Waals surface area contributed by atoms with Crippen molar-refractivity contribution in [3.63, 3.8) is 0 Å². The number of aliphatic hydroxyl groups excluding tert-OH is 1. The van der Waals surface area contributed by atoms with Gasteiger partial charge in [-0.3, -0.25) is 4.98 Å². The van der Waals surface area contributed by atoms with Gasteiger partial charge in [0, 0.05) is 18.3 Å². The molecule has 0 aliphatic rings. The van der Waals surface area contributed by atoms with E-state index in [1.54, 1.807) is 6.20 Å². The smallest absolute Gasteiger partial charge is 0.0916 e. The van der Waals surface area contributed by atoms with Gasteiger partial charge in [-0.2, -0.15) is 0 Å². The Morgan fingerprint density at radius 1 is 1.11 bits per heavy atom. The third-order valence-corrected chi connectivity index (χ3v) is 2.79. The Morgan fingerprint density at radius 2 is 1.83 bits per heavy atom. The molecule has 94 valence electrons. The van der Waals surface area contributed by atoms with E-state index in [0.717, 1.165) is 16.8 Å². The fourth-order valence-electron chi connectivity index (χ4n) is 1.86. The van der Waals surface area contributed by atoms with E-state index in [0.29, 0.717) is 6.54 Å². The Labute approximate surface area is 108 Å². The first-order valence-corrected chi connectivity index (χ1v) is 6.01. The van der Waals surface area contributed by atoms with E-state index < -0.39 is 6.10 Å². The maximum absolute atomic E-state index is 10.00. The average Bonchev–Trinajstić information content (AvgIpc) is 2.39. The lowest BCUT2D eigenvalue weighted by atomic mass is 10.0. The zero-order valence-corrected chi connectivity index (χ0v) is 10.7. The normalized spacial score (nSPS) is 12.7. The minimum atomic E-state index is -0.446. The molecule has 0 radical (unpaired) electrons. The summed E-state index contributed by atoms with van der Waals surface area (Å²) in [5, 5.41) is 10.00. The number of rotatable bonds is 4. The summed E-state index contributed by atoms with van der Waals surface area (Å²) in [6, 6.07) is 13.8. The van der Waals surface area contributed by atoms with Gasteiger partial charge >= 0.3 is 0 Å². The SMILES string of the molecule is CN(C)CC(O)c1ccc(-c2ccccn2)cc1. The van der Waals surface area contributed by atoms with Crippen LogP contribution in [0.15, 0.2) is 48.7 Å². The van der Waals surface area contributed by atoms with E-state index in [1.807, 2.05) is 61.5 Å². The van der Waals surface area contributed by atoms with Crippen LogP contribution in [0.1, 0.15) is 11.7 Å². The van der Waals surface area contributed by atoms with Gasteiger partial charge in [0.15, 0.2) is 0 Å². The first-order chi connectivity index (χ1) is 8.66. The number of hydrogen-bond acceptors (Lipinski definition) is 3. The molecular weight excluding hydrogens is 224 g/mol. The van der Waals surface area contributed by atoms with Crippen LogP contribution in [0, 0.1) is 0 Å². The van der Waals surface area contributed by atoms with Crippen LogP contribution in [-0.4, -0.2) is 35.6 Å². The third kappa shape index (κ3) is 3.15. The van der Waals surface area contributed by atoms with Gasteiger partial charge in [0.2, 0.25) is 0 Å². The quantitative estimate of drug-likeness (QED) is 0.894. The number of likely N-dealkylation sites (N-methyl/N-ethyl adjacent to an activating group) is 1. The molecule has 0 saturated carbocycles. The summed E-state index contributed by atoms with van der Waals surface area (Å²) in [7, 11) is 3.90. The summed E-state index contributed by atoms with van der Waals surface area (Å²) in [6.07, 6.45) is 1.34. The van der Waals surface area contributed by atoms with Crippen LogP contribution >= 0.6 is 0 Å². The van der Waals surface area contributed by atoms with Crippen LogP contribution in [0.4, 0.5) is 0 Å². The van der Waals surface area contributed by atoms with Gasteiger partial charge < -0.3 is 10.0 Å². The highest BCUT2D eigenvalue weighted by molar-refractivity contribution is 5.59. The van der Waals surface area contributed by atoms with Crippen molar-refractivity contribution in [1.82, 2.24) is 9.88 Å². The number of aliphatic hydroxyl groups is 1. The molecule has 1 atom stereocenters. The lowest BCUT2D eigenvalue weighted by Crippen LogP contribution is -2.19. The molecule has 2 aromatic rings. The summed E-state index contributed by atoms with van der Waals surface area (Å²) < 4.78 is 0. The van der Waals surface area contributed by atoms with Crippen molar-refractivity contribution in [3.8, 4) is 11.3 Å². The maximum atomic E-state index is 10.00. The van der Waals surface area contributed by atoms with Crippen molar-refractivity contribution in [3.05, 3.63) is 54.2 Å². The Morgan fingerprint density at radius 3 is 2.39 bits per heavy atom. The van der Waals surface area contributed by atoms with E-state index in [2.05, 4.69) is 4.98 Å². The zero-order valence-electron chi connectivity index (χ0n) is 10.7. The zero-order chi connectivity index (χ0) is 13.0. The largest absolute Gasteiger partial charge is 0.387 e.